The lowest BCUT2D eigenvalue weighted by atomic mass is 10.2. The van der Waals surface area contributed by atoms with E-state index in [0.29, 0.717) is 12.1 Å². The number of hydrogen-bond acceptors (Lipinski definition) is 3. The van der Waals surface area contributed by atoms with Gasteiger partial charge in [0.25, 0.3) is 5.91 Å². The van der Waals surface area contributed by atoms with Crippen LogP contribution in [0.2, 0.25) is 0 Å². The van der Waals surface area contributed by atoms with Crippen molar-refractivity contribution in [1.29, 1.82) is 0 Å². The van der Waals surface area contributed by atoms with E-state index in [0.717, 1.165) is 5.69 Å². The molecular formula is C18H22N4O2. The van der Waals surface area contributed by atoms with Gasteiger partial charge in [0, 0.05) is 24.0 Å². The maximum Gasteiger partial charge on any atom is 0.272 e. The van der Waals surface area contributed by atoms with Gasteiger partial charge in [0.15, 0.2) is 0 Å². The molecule has 0 aliphatic carbocycles. The van der Waals surface area contributed by atoms with E-state index in [9.17, 15) is 9.59 Å². The molecule has 1 saturated heterocycles. The zero-order valence-electron chi connectivity index (χ0n) is 14.1. The van der Waals surface area contributed by atoms with Crippen LogP contribution < -0.4 is 10.2 Å². The molecule has 6 heteroatoms. The van der Waals surface area contributed by atoms with Crippen LogP contribution in [0.25, 0.3) is 0 Å². The first-order chi connectivity index (χ1) is 11.5. The highest BCUT2D eigenvalue weighted by Crippen LogP contribution is 2.26. The predicted molar refractivity (Wildman–Crippen MR) is 91.9 cm³/mol. The molecule has 0 spiro atoms. The minimum absolute atomic E-state index is 0.0402. The summed E-state index contributed by atoms with van der Waals surface area (Å²) in [6, 6.07) is 9.29. The summed E-state index contributed by atoms with van der Waals surface area (Å²) in [5.41, 5.74) is 1.19. The number of benzene rings is 1. The van der Waals surface area contributed by atoms with Gasteiger partial charge in [0.05, 0.1) is 6.33 Å². The Kier molecular flexibility index (Phi) is 4.38. The molecule has 2 amide bonds. The molecule has 1 aromatic carbocycles. The lowest BCUT2D eigenvalue weighted by molar-refractivity contribution is -0.118. The fourth-order valence-corrected chi connectivity index (χ4v) is 2.99. The van der Waals surface area contributed by atoms with Crippen molar-refractivity contribution in [3.05, 3.63) is 48.5 Å². The zero-order valence-corrected chi connectivity index (χ0v) is 14.1. The van der Waals surface area contributed by atoms with Gasteiger partial charge in [0.2, 0.25) is 5.91 Å². The molecule has 1 aromatic heterocycles. The first kappa shape index (κ1) is 16.2. The number of carbonyl (C=O) groups excluding carboxylic acids is 2. The van der Waals surface area contributed by atoms with Crippen molar-refractivity contribution in [2.45, 2.75) is 45.3 Å². The van der Waals surface area contributed by atoms with Crippen molar-refractivity contribution in [3.8, 4) is 0 Å². The van der Waals surface area contributed by atoms with E-state index in [1.807, 2.05) is 55.7 Å². The van der Waals surface area contributed by atoms with Crippen LogP contribution in [-0.4, -0.2) is 33.4 Å². The van der Waals surface area contributed by atoms with E-state index in [-0.39, 0.29) is 23.9 Å². The molecule has 1 aliphatic heterocycles. The molecule has 0 bridgehead atoms. The molecular weight excluding hydrogens is 304 g/mol. The van der Waals surface area contributed by atoms with Crippen LogP contribution in [0.15, 0.2) is 42.9 Å². The second kappa shape index (κ2) is 6.47. The van der Waals surface area contributed by atoms with Crippen molar-refractivity contribution in [2.75, 3.05) is 4.90 Å². The number of imidazole rings is 1. The highest BCUT2D eigenvalue weighted by molar-refractivity contribution is 6.03. The van der Waals surface area contributed by atoms with Gasteiger partial charge in [-0.1, -0.05) is 18.2 Å². The third-order valence-corrected chi connectivity index (χ3v) is 4.32. The number of aromatic nitrogens is 2. The number of rotatable bonds is 4. The second-order valence-electron chi connectivity index (χ2n) is 6.45. The first-order valence-corrected chi connectivity index (χ1v) is 8.20. The minimum Gasteiger partial charge on any atom is -0.339 e. The van der Waals surface area contributed by atoms with Crippen LogP contribution in [0.4, 0.5) is 5.69 Å². The summed E-state index contributed by atoms with van der Waals surface area (Å²) >= 11 is 0. The van der Waals surface area contributed by atoms with E-state index in [2.05, 4.69) is 10.3 Å². The average molecular weight is 326 g/mol. The van der Waals surface area contributed by atoms with Crippen molar-refractivity contribution < 1.29 is 9.59 Å². The normalized spacial score (nSPS) is 20.7. The Morgan fingerprint density at radius 3 is 2.62 bits per heavy atom. The molecule has 126 valence electrons. The number of nitrogens with zero attached hydrogens (tertiary/aromatic N) is 3. The average Bonchev–Trinajstić information content (AvgIpc) is 3.14. The quantitative estimate of drug-likeness (QED) is 0.938. The van der Waals surface area contributed by atoms with Crippen molar-refractivity contribution in [1.82, 2.24) is 14.9 Å². The van der Waals surface area contributed by atoms with Crippen molar-refractivity contribution in [3.63, 3.8) is 0 Å². The lowest BCUT2D eigenvalue weighted by Crippen LogP contribution is -2.42. The molecule has 6 nitrogen and oxygen atoms in total. The van der Waals surface area contributed by atoms with Gasteiger partial charge >= 0.3 is 0 Å². The Hall–Kier alpha value is -2.63. The molecule has 1 N–H and O–H groups in total. The fourth-order valence-electron chi connectivity index (χ4n) is 2.99. The summed E-state index contributed by atoms with van der Waals surface area (Å²) in [7, 11) is 0. The smallest absolute Gasteiger partial charge is 0.272 e. The molecule has 2 aromatic rings. The Labute approximate surface area is 141 Å². The van der Waals surface area contributed by atoms with Crippen LogP contribution >= 0.6 is 0 Å². The minimum atomic E-state index is -0.517. The Morgan fingerprint density at radius 2 is 2.00 bits per heavy atom. The number of hydrogen-bond donors (Lipinski definition) is 1. The molecule has 1 fully saturated rings. The van der Waals surface area contributed by atoms with Gasteiger partial charge in [0.1, 0.15) is 11.7 Å². The first-order valence-electron chi connectivity index (χ1n) is 8.20. The van der Waals surface area contributed by atoms with Gasteiger partial charge in [-0.15, -0.1) is 0 Å². The number of carbonyl (C=O) groups is 2. The molecule has 3 rings (SSSR count). The Bertz CT molecular complexity index is 738. The molecule has 24 heavy (non-hydrogen) atoms. The molecule has 0 unspecified atom stereocenters. The third kappa shape index (κ3) is 3.04. The fraction of sp³-hybridized carbons (Fsp3) is 0.389. The number of para-hydroxylation sites is 1. The summed E-state index contributed by atoms with van der Waals surface area (Å²) in [6.07, 6.45) is 3.93. The maximum atomic E-state index is 12.7. The highest BCUT2D eigenvalue weighted by Gasteiger charge is 2.39. The van der Waals surface area contributed by atoms with Gasteiger partial charge in [-0.2, -0.15) is 0 Å². The van der Waals surface area contributed by atoms with Gasteiger partial charge in [-0.05, 0) is 39.3 Å². The Balaban J connectivity index is 1.71. The summed E-state index contributed by atoms with van der Waals surface area (Å²) in [5, 5.41) is 2.82. The monoisotopic (exact) mass is 326 g/mol. The van der Waals surface area contributed by atoms with Crippen molar-refractivity contribution >= 4 is 17.5 Å². The van der Waals surface area contributed by atoms with Gasteiger partial charge in [-0.25, -0.2) is 4.98 Å². The van der Waals surface area contributed by atoms with E-state index < -0.39 is 6.04 Å². The predicted octanol–water partition coefficient (Wildman–Crippen LogP) is 2.39. The number of anilines is 1. The van der Waals surface area contributed by atoms with Crippen LogP contribution in [-0.2, 0) is 4.79 Å². The van der Waals surface area contributed by atoms with Crippen molar-refractivity contribution in [2.24, 2.45) is 0 Å². The maximum absolute atomic E-state index is 12.7. The highest BCUT2D eigenvalue weighted by atomic mass is 16.2. The lowest BCUT2D eigenvalue weighted by Gasteiger charge is -2.21. The summed E-state index contributed by atoms with van der Waals surface area (Å²) in [6.45, 7) is 6.02. The molecule has 1 aliphatic rings. The third-order valence-electron chi connectivity index (χ3n) is 4.32. The summed E-state index contributed by atoms with van der Waals surface area (Å²) in [5.74, 6) is -0.389. The summed E-state index contributed by atoms with van der Waals surface area (Å²) in [4.78, 5) is 30.9. The largest absolute Gasteiger partial charge is 0.339 e. The molecule has 0 radical (unpaired) electrons. The van der Waals surface area contributed by atoms with Crippen LogP contribution in [0.1, 0.15) is 43.7 Å². The number of amides is 2. The second-order valence-corrected chi connectivity index (χ2v) is 6.45. The van der Waals surface area contributed by atoms with Crippen LogP contribution in [0.5, 0.6) is 0 Å². The Morgan fingerprint density at radius 1 is 1.29 bits per heavy atom. The molecule has 2 heterocycles. The summed E-state index contributed by atoms with van der Waals surface area (Å²) < 4.78 is 1.87. The molecule has 2 atom stereocenters. The zero-order chi connectivity index (χ0) is 17.3. The van der Waals surface area contributed by atoms with E-state index in [1.165, 1.54) is 0 Å². The standard InChI is InChI=1S/C18H22N4O2/c1-12(2)21-10-16(19-11-21)17(23)20-15-9-13(3)22(18(15)24)14-7-5-4-6-8-14/h4-8,10-13,15H,9H2,1-3H3,(H,20,23)/t13-,15-/m1/s1. The van der Waals surface area contributed by atoms with E-state index >= 15 is 0 Å². The van der Waals surface area contributed by atoms with E-state index in [1.54, 1.807) is 17.4 Å². The van der Waals surface area contributed by atoms with Gasteiger partial charge in [-0.3, -0.25) is 9.59 Å². The van der Waals surface area contributed by atoms with Gasteiger partial charge < -0.3 is 14.8 Å². The van der Waals surface area contributed by atoms with Crippen LogP contribution in [0.3, 0.4) is 0 Å². The molecule has 0 saturated carbocycles. The topological polar surface area (TPSA) is 67.2 Å². The van der Waals surface area contributed by atoms with Crippen LogP contribution in [0, 0.1) is 0 Å². The SMILES string of the molecule is CC(C)n1cnc(C(=O)N[C@@H]2C[C@@H](C)N(c3ccccc3)C2=O)c1. The van der Waals surface area contributed by atoms with E-state index in [4.69, 9.17) is 0 Å². The number of nitrogens with one attached hydrogen (secondary N) is 1.